The van der Waals surface area contributed by atoms with Crippen LogP contribution in [0.2, 0.25) is 10.0 Å². The Kier molecular flexibility index (Phi) is 2.43. The van der Waals surface area contributed by atoms with Crippen molar-refractivity contribution in [3.8, 4) is 0 Å². The van der Waals surface area contributed by atoms with Crippen LogP contribution in [0, 0.1) is 0 Å². The maximum Gasteiger partial charge on any atom is 0.258 e. The van der Waals surface area contributed by atoms with Crippen molar-refractivity contribution in [2.75, 3.05) is 0 Å². The Labute approximate surface area is 106 Å². The van der Waals surface area contributed by atoms with Crippen LogP contribution >= 0.6 is 34.5 Å². The number of aromatic nitrogens is 1. The fraction of sp³-hybridized carbons (Fsp3) is 0. The van der Waals surface area contributed by atoms with E-state index in [4.69, 9.17) is 23.2 Å². The lowest BCUT2D eigenvalue weighted by atomic mass is 10.3. The molecule has 0 aliphatic heterocycles. The normalized spacial score (nSPS) is 11.1. The summed E-state index contributed by atoms with van der Waals surface area (Å²) in [6.07, 6.45) is 0. The third-order valence-corrected chi connectivity index (χ3v) is 3.87. The Hall–Kier alpha value is -0.960. The molecule has 0 unspecified atom stereocenters. The Morgan fingerprint density at radius 2 is 1.31 bits per heavy atom. The van der Waals surface area contributed by atoms with Crippen molar-refractivity contribution >= 4 is 55.0 Å². The first kappa shape index (κ1) is 10.2. The fourth-order valence-electron chi connectivity index (χ4n) is 1.57. The number of benzene rings is 2. The van der Waals surface area contributed by atoms with Crippen LogP contribution in [0.15, 0.2) is 36.4 Å². The summed E-state index contributed by atoms with van der Waals surface area (Å²) in [6, 6.07) is 11.4. The first-order valence-corrected chi connectivity index (χ1v) is 6.28. The molecule has 1 aromatic heterocycles. The maximum absolute atomic E-state index is 5.95. The predicted molar refractivity (Wildman–Crippen MR) is 71.6 cm³/mol. The van der Waals surface area contributed by atoms with E-state index in [-0.39, 0.29) is 0 Å². The van der Waals surface area contributed by atoms with Crippen molar-refractivity contribution < 1.29 is 0 Å². The second-order valence-electron chi connectivity index (χ2n) is 3.44. The molecule has 1 nitrogen and oxygen atoms in total. The number of hydrogen-bond acceptors (Lipinski definition) is 1. The van der Waals surface area contributed by atoms with Crippen LogP contribution in [0.1, 0.15) is 0 Å². The molecule has 0 aliphatic rings. The molecular formula is C12H6Cl2NS+. The molecule has 0 N–H and O–H groups in total. The quantitative estimate of drug-likeness (QED) is 0.411. The highest BCUT2D eigenvalue weighted by molar-refractivity contribution is 7.24. The Morgan fingerprint density at radius 3 is 1.81 bits per heavy atom. The van der Waals surface area contributed by atoms with Crippen LogP contribution in [0.5, 0.6) is 0 Å². The van der Waals surface area contributed by atoms with Crippen LogP contribution in [0.4, 0.5) is 0 Å². The summed E-state index contributed by atoms with van der Waals surface area (Å²) in [4.78, 5) is 4.55. The maximum atomic E-state index is 5.95. The third-order valence-electron chi connectivity index (χ3n) is 2.30. The number of rotatable bonds is 0. The summed E-state index contributed by atoms with van der Waals surface area (Å²) in [5, 5.41) is 1.46. The second kappa shape index (κ2) is 3.81. The summed E-state index contributed by atoms with van der Waals surface area (Å²) in [7, 11) is 0. The predicted octanol–water partition coefficient (Wildman–Crippen LogP) is 5.04. The molecule has 0 saturated heterocycles. The molecule has 4 heteroatoms. The molecule has 3 aromatic rings. The molecule has 0 atom stereocenters. The smallest absolute Gasteiger partial charge is 0.237 e. The molecule has 78 valence electrons. The summed E-state index contributed by atoms with van der Waals surface area (Å²) in [6.45, 7) is 0. The van der Waals surface area contributed by atoms with E-state index in [9.17, 15) is 0 Å². The van der Waals surface area contributed by atoms with E-state index in [1.54, 1.807) is 11.3 Å². The zero-order chi connectivity index (χ0) is 11.1. The zero-order valence-corrected chi connectivity index (χ0v) is 10.4. The molecule has 0 radical (unpaired) electrons. The van der Waals surface area contributed by atoms with Crippen LogP contribution in [-0.2, 0) is 0 Å². The minimum Gasteiger partial charge on any atom is -0.237 e. The SMILES string of the molecule is Clc1ccc2nc3ccc(Cl)cc3[s+]c2c1. The van der Waals surface area contributed by atoms with Gasteiger partial charge in [0.2, 0.25) is 11.3 Å². The Morgan fingerprint density at radius 1 is 0.812 bits per heavy atom. The molecule has 0 spiro atoms. The van der Waals surface area contributed by atoms with Crippen LogP contribution < -0.4 is 0 Å². The van der Waals surface area contributed by atoms with Gasteiger partial charge in [0.05, 0.1) is 0 Å². The molecule has 0 amide bonds. The van der Waals surface area contributed by atoms with Crippen LogP contribution in [0.25, 0.3) is 20.4 Å². The van der Waals surface area contributed by atoms with E-state index in [0.29, 0.717) is 0 Å². The molecule has 0 aliphatic carbocycles. The minimum atomic E-state index is 0.729. The number of fused-ring (bicyclic) bond motifs is 2. The van der Waals surface area contributed by atoms with Gasteiger partial charge in [0.25, 0.3) is 9.40 Å². The lowest BCUT2D eigenvalue weighted by molar-refractivity contribution is 1.52. The lowest BCUT2D eigenvalue weighted by Gasteiger charge is -1.93. The van der Waals surface area contributed by atoms with Gasteiger partial charge in [-0.2, -0.15) is 0 Å². The van der Waals surface area contributed by atoms with Gasteiger partial charge in [-0.05, 0) is 24.3 Å². The summed E-state index contributed by atoms with van der Waals surface area (Å²) < 4.78 is 2.14. The van der Waals surface area contributed by atoms with Gasteiger partial charge in [-0.25, -0.2) is 4.98 Å². The van der Waals surface area contributed by atoms with Gasteiger partial charge in [-0.1, -0.05) is 23.2 Å². The van der Waals surface area contributed by atoms with Crippen LogP contribution in [-0.4, -0.2) is 4.98 Å². The highest BCUT2D eigenvalue weighted by Crippen LogP contribution is 2.29. The Bertz CT molecular complexity index is 640. The average Bonchev–Trinajstić information content (AvgIpc) is 2.26. The Balaban J connectivity index is 2.44. The molecule has 3 rings (SSSR count). The summed E-state index contributed by atoms with van der Waals surface area (Å²) in [5.74, 6) is 0. The van der Waals surface area contributed by atoms with Crippen molar-refractivity contribution in [2.45, 2.75) is 0 Å². The van der Waals surface area contributed by atoms with Crippen molar-refractivity contribution in [1.29, 1.82) is 0 Å². The van der Waals surface area contributed by atoms with Gasteiger partial charge in [0.1, 0.15) is 11.0 Å². The van der Waals surface area contributed by atoms with E-state index < -0.39 is 0 Å². The number of hydrogen-bond donors (Lipinski definition) is 0. The van der Waals surface area contributed by atoms with E-state index >= 15 is 0 Å². The van der Waals surface area contributed by atoms with Gasteiger partial charge in [0.15, 0.2) is 0 Å². The van der Waals surface area contributed by atoms with E-state index in [2.05, 4.69) is 4.98 Å². The fourth-order valence-corrected chi connectivity index (χ4v) is 3.09. The zero-order valence-electron chi connectivity index (χ0n) is 8.08. The van der Waals surface area contributed by atoms with Gasteiger partial charge < -0.3 is 0 Å². The third kappa shape index (κ3) is 1.73. The lowest BCUT2D eigenvalue weighted by Crippen LogP contribution is -1.79. The van der Waals surface area contributed by atoms with E-state index in [1.165, 1.54) is 0 Å². The number of halogens is 2. The largest absolute Gasteiger partial charge is 0.258 e. The first-order valence-electron chi connectivity index (χ1n) is 4.71. The van der Waals surface area contributed by atoms with Crippen LogP contribution in [0.3, 0.4) is 0 Å². The highest BCUT2D eigenvalue weighted by atomic mass is 35.5. The molecule has 1 heterocycles. The van der Waals surface area contributed by atoms with E-state index in [0.717, 1.165) is 30.5 Å². The highest BCUT2D eigenvalue weighted by Gasteiger charge is 2.12. The molecule has 2 aromatic carbocycles. The molecular weight excluding hydrogens is 261 g/mol. The van der Waals surface area contributed by atoms with Gasteiger partial charge in [-0.3, -0.25) is 0 Å². The first-order chi connectivity index (χ1) is 7.72. The second-order valence-corrected chi connectivity index (χ2v) is 5.39. The monoisotopic (exact) mass is 266 g/mol. The summed E-state index contributed by atoms with van der Waals surface area (Å²) in [5.41, 5.74) is 1.92. The number of nitrogens with zero attached hydrogens (tertiary/aromatic N) is 1. The van der Waals surface area contributed by atoms with Crippen molar-refractivity contribution in [3.05, 3.63) is 46.4 Å². The molecule has 0 saturated carbocycles. The standard InChI is InChI=1S/C12H6Cl2NS/c13-7-1-3-9-11(5-7)16-12-6-8(14)2-4-10(12)15-9/h1-6H/q+1. The summed E-state index contributed by atoms with van der Waals surface area (Å²) >= 11 is 13.6. The van der Waals surface area contributed by atoms with Crippen molar-refractivity contribution in [1.82, 2.24) is 4.98 Å². The molecule has 0 fully saturated rings. The topological polar surface area (TPSA) is 12.9 Å². The van der Waals surface area contributed by atoms with Gasteiger partial charge in [-0.15, -0.1) is 0 Å². The van der Waals surface area contributed by atoms with E-state index in [1.807, 2.05) is 36.4 Å². The van der Waals surface area contributed by atoms with Gasteiger partial charge in [0, 0.05) is 22.2 Å². The van der Waals surface area contributed by atoms with Gasteiger partial charge >= 0.3 is 0 Å². The molecule has 16 heavy (non-hydrogen) atoms. The van der Waals surface area contributed by atoms with Crippen molar-refractivity contribution in [3.63, 3.8) is 0 Å². The minimum absolute atomic E-state index is 0.729. The molecule has 0 bridgehead atoms. The van der Waals surface area contributed by atoms with Crippen molar-refractivity contribution in [2.24, 2.45) is 0 Å². The average molecular weight is 267 g/mol.